The molecule has 0 saturated carbocycles. The average molecular weight is 298 g/mol. The maximum atomic E-state index is 11.8. The molecule has 2 heterocycles. The van der Waals surface area contributed by atoms with Crippen LogP contribution in [0.5, 0.6) is 0 Å². The second-order valence-electron chi connectivity index (χ2n) is 2.95. The predicted molar refractivity (Wildman–Crippen MR) is 65.2 cm³/mol. The van der Waals surface area contributed by atoms with Crippen molar-refractivity contribution in [1.29, 1.82) is 0 Å². The summed E-state index contributed by atoms with van der Waals surface area (Å²) in [5.74, 6) is -0.157. The summed E-state index contributed by atoms with van der Waals surface area (Å²) >= 11 is 4.74. The molecule has 1 amide bonds. The third-order valence-corrected chi connectivity index (χ3v) is 3.30. The van der Waals surface area contributed by atoms with E-state index >= 15 is 0 Å². The molecule has 0 radical (unpaired) electrons. The van der Waals surface area contributed by atoms with E-state index in [0.29, 0.717) is 16.7 Å². The van der Waals surface area contributed by atoms with Crippen molar-refractivity contribution < 1.29 is 4.79 Å². The zero-order chi connectivity index (χ0) is 11.4. The van der Waals surface area contributed by atoms with Gasteiger partial charge in [-0.05, 0) is 28.1 Å². The molecule has 2 rings (SSSR count). The molecule has 0 aliphatic carbocycles. The lowest BCUT2D eigenvalue weighted by Crippen LogP contribution is -2.23. The van der Waals surface area contributed by atoms with Gasteiger partial charge in [0.1, 0.15) is 9.61 Å². The first-order valence-electron chi connectivity index (χ1n) is 4.54. The molecule has 6 heteroatoms. The van der Waals surface area contributed by atoms with Crippen LogP contribution in [-0.2, 0) is 6.54 Å². The van der Waals surface area contributed by atoms with E-state index in [9.17, 15) is 4.79 Å². The van der Waals surface area contributed by atoms with Crippen LogP contribution in [0.2, 0.25) is 0 Å². The number of carbonyl (C=O) groups is 1. The van der Waals surface area contributed by atoms with Crippen molar-refractivity contribution in [2.45, 2.75) is 6.54 Å². The van der Waals surface area contributed by atoms with Gasteiger partial charge >= 0.3 is 0 Å². The van der Waals surface area contributed by atoms with Crippen molar-refractivity contribution in [3.63, 3.8) is 0 Å². The van der Waals surface area contributed by atoms with Crippen LogP contribution in [0.1, 0.15) is 15.4 Å². The second kappa shape index (κ2) is 5.18. The van der Waals surface area contributed by atoms with E-state index in [1.807, 2.05) is 5.38 Å². The number of hydrogen-bond donors (Lipinski definition) is 1. The highest BCUT2D eigenvalue weighted by Gasteiger charge is 2.09. The van der Waals surface area contributed by atoms with Crippen LogP contribution in [0.15, 0.2) is 34.5 Å². The highest BCUT2D eigenvalue weighted by Crippen LogP contribution is 2.12. The maximum absolute atomic E-state index is 11.8. The minimum Gasteiger partial charge on any atom is -0.345 e. The van der Waals surface area contributed by atoms with Crippen molar-refractivity contribution >= 4 is 33.2 Å². The molecule has 0 unspecified atom stereocenters. The molecule has 0 spiro atoms. The largest absolute Gasteiger partial charge is 0.345 e. The molecule has 2 aromatic rings. The number of carbonyl (C=O) groups excluding carboxylic acids is 1. The van der Waals surface area contributed by atoms with Crippen molar-refractivity contribution in [2.75, 3.05) is 0 Å². The summed E-state index contributed by atoms with van der Waals surface area (Å²) in [4.78, 5) is 19.8. The summed E-state index contributed by atoms with van der Waals surface area (Å²) in [6.45, 7) is 0.442. The van der Waals surface area contributed by atoms with E-state index in [1.165, 1.54) is 11.3 Å². The molecule has 2 aromatic heterocycles. The number of aromatic nitrogens is 2. The first-order chi connectivity index (χ1) is 7.77. The molecule has 0 saturated heterocycles. The third kappa shape index (κ3) is 2.65. The molecule has 82 valence electrons. The summed E-state index contributed by atoms with van der Waals surface area (Å²) in [6, 6.07) is 3.44. The first-order valence-corrected chi connectivity index (χ1v) is 6.21. The topological polar surface area (TPSA) is 54.9 Å². The van der Waals surface area contributed by atoms with Gasteiger partial charge in [0.15, 0.2) is 0 Å². The summed E-state index contributed by atoms with van der Waals surface area (Å²) in [7, 11) is 0. The second-order valence-corrected chi connectivity index (χ2v) is 4.68. The van der Waals surface area contributed by atoms with Gasteiger partial charge in [0.2, 0.25) is 0 Å². The van der Waals surface area contributed by atoms with Crippen LogP contribution in [0.3, 0.4) is 0 Å². The fourth-order valence-corrected chi connectivity index (χ4v) is 2.13. The summed E-state index contributed by atoms with van der Waals surface area (Å²) in [5, 5.41) is 5.54. The van der Waals surface area contributed by atoms with Gasteiger partial charge in [-0.1, -0.05) is 0 Å². The quantitative estimate of drug-likeness (QED) is 0.884. The fraction of sp³-hybridized carbons (Fsp3) is 0.100. The van der Waals surface area contributed by atoms with Gasteiger partial charge in [-0.2, -0.15) is 0 Å². The lowest BCUT2D eigenvalue weighted by molar-refractivity contribution is 0.0949. The Hall–Kier alpha value is -1.27. The number of hydrogen-bond acceptors (Lipinski definition) is 4. The normalized spacial score (nSPS) is 10.1. The Morgan fingerprint density at radius 3 is 3.00 bits per heavy atom. The van der Waals surface area contributed by atoms with E-state index in [-0.39, 0.29) is 5.91 Å². The van der Waals surface area contributed by atoms with Crippen molar-refractivity contribution in [3.05, 3.63) is 45.1 Å². The number of nitrogens with zero attached hydrogens (tertiary/aromatic N) is 2. The zero-order valence-corrected chi connectivity index (χ0v) is 10.6. The molecule has 4 nitrogen and oxygen atoms in total. The molecule has 0 aliphatic rings. The minimum absolute atomic E-state index is 0.157. The zero-order valence-electron chi connectivity index (χ0n) is 8.18. The monoisotopic (exact) mass is 297 g/mol. The van der Waals surface area contributed by atoms with Crippen molar-refractivity contribution in [1.82, 2.24) is 15.3 Å². The molecule has 1 N–H and O–H groups in total. The number of thiazole rings is 1. The lowest BCUT2D eigenvalue weighted by Gasteiger charge is -2.03. The Morgan fingerprint density at radius 1 is 1.44 bits per heavy atom. The Morgan fingerprint density at radius 2 is 2.31 bits per heavy atom. The Balaban J connectivity index is 2.01. The van der Waals surface area contributed by atoms with Crippen LogP contribution >= 0.6 is 27.3 Å². The number of amides is 1. The van der Waals surface area contributed by atoms with E-state index in [2.05, 4.69) is 31.2 Å². The number of rotatable bonds is 3. The molecular weight excluding hydrogens is 290 g/mol. The molecule has 0 bridgehead atoms. The molecule has 0 aromatic carbocycles. The number of nitrogens with one attached hydrogen (secondary N) is 1. The summed E-state index contributed by atoms with van der Waals surface area (Å²) < 4.78 is 0.548. The molecule has 0 fully saturated rings. The molecule has 0 atom stereocenters. The highest BCUT2D eigenvalue weighted by molar-refractivity contribution is 9.10. The van der Waals surface area contributed by atoms with Gasteiger partial charge in [0.05, 0.1) is 12.1 Å². The van der Waals surface area contributed by atoms with Crippen LogP contribution in [0.4, 0.5) is 0 Å². The van der Waals surface area contributed by atoms with Crippen LogP contribution in [-0.4, -0.2) is 15.9 Å². The average Bonchev–Trinajstić information content (AvgIpc) is 2.79. The van der Waals surface area contributed by atoms with Gasteiger partial charge in [-0.15, -0.1) is 11.3 Å². The van der Waals surface area contributed by atoms with E-state index in [0.717, 1.165) is 5.01 Å². The number of pyridine rings is 1. The van der Waals surface area contributed by atoms with Crippen LogP contribution in [0, 0.1) is 0 Å². The Kier molecular flexibility index (Phi) is 3.63. The summed E-state index contributed by atoms with van der Waals surface area (Å²) in [5.41, 5.74) is 0.527. The van der Waals surface area contributed by atoms with Gasteiger partial charge in [-0.25, -0.2) is 9.97 Å². The van der Waals surface area contributed by atoms with Crippen molar-refractivity contribution in [3.8, 4) is 0 Å². The van der Waals surface area contributed by atoms with E-state index < -0.39 is 0 Å². The van der Waals surface area contributed by atoms with Crippen LogP contribution < -0.4 is 5.32 Å². The first kappa shape index (κ1) is 11.2. The molecular formula is C10H8BrN3OS. The standard InChI is InChI=1S/C10H8BrN3OS/c11-9-7(2-1-3-13-9)10(15)14-6-8-12-4-5-16-8/h1-5H,6H2,(H,14,15). The van der Waals surface area contributed by atoms with Crippen molar-refractivity contribution in [2.24, 2.45) is 0 Å². The predicted octanol–water partition coefficient (Wildman–Crippen LogP) is 2.23. The lowest BCUT2D eigenvalue weighted by atomic mass is 10.3. The van der Waals surface area contributed by atoms with E-state index in [1.54, 1.807) is 24.5 Å². The minimum atomic E-state index is -0.157. The molecule has 0 aliphatic heterocycles. The Bertz CT molecular complexity index is 487. The SMILES string of the molecule is O=C(NCc1nccs1)c1cccnc1Br. The number of halogens is 1. The van der Waals surface area contributed by atoms with Gasteiger partial charge in [0, 0.05) is 17.8 Å². The fourth-order valence-electron chi connectivity index (χ4n) is 1.15. The van der Waals surface area contributed by atoms with Gasteiger partial charge in [-0.3, -0.25) is 4.79 Å². The summed E-state index contributed by atoms with van der Waals surface area (Å²) in [6.07, 6.45) is 3.34. The molecule has 16 heavy (non-hydrogen) atoms. The van der Waals surface area contributed by atoms with Gasteiger partial charge < -0.3 is 5.32 Å². The van der Waals surface area contributed by atoms with E-state index in [4.69, 9.17) is 0 Å². The van der Waals surface area contributed by atoms with Gasteiger partial charge in [0.25, 0.3) is 5.91 Å². The maximum Gasteiger partial charge on any atom is 0.254 e. The van der Waals surface area contributed by atoms with Crippen LogP contribution in [0.25, 0.3) is 0 Å². The third-order valence-electron chi connectivity index (χ3n) is 1.89. The Labute approximate surface area is 105 Å². The highest BCUT2D eigenvalue weighted by atomic mass is 79.9. The smallest absolute Gasteiger partial charge is 0.254 e.